The smallest absolute Gasteiger partial charge is 0.288 e. The molecule has 16 heavy (non-hydrogen) atoms. The topological polar surface area (TPSA) is 92.2 Å². The lowest BCUT2D eigenvalue weighted by Crippen LogP contribution is -2.21. The third-order valence-corrected chi connectivity index (χ3v) is 2.41. The molecule has 0 aliphatic heterocycles. The van der Waals surface area contributed by atoms with Crippen LogP contribution < -0.4 is 10.9 Å². The predicted molar refractivity (Wildman–Crippen MR) is 56.5 cm³/mol. The molecule has 2 aromatic rings. The van der Waals surface area contributed by atoms with E-state index in [1.807, 2.05) is 0 Å². The van der Waals surface area contributed by atoms with Crippen molar-refractivity contribution in [1.82, 2.24) is 24.9 Å². The van der Waals surface area contributed by atoms with Gasteiger partial charge in [-0.05, 0) is 13.8 Å². The van der Waals surface area contributed by atoms with Gasteiger partial charge in [0.15, 0.2) is 0 Å². The van der Waals surface area contributed by atoms with Crippen LogP contribution in [0.3, 0.4) is 0 Å². The molecule has 2 rings (SSSR count). The highest BCUT2D eigenvalue weighted by atomic mass is 16.2. The van der Waals surface area contributed by atoms with Gasteiger partial charge in [0.2, 0.25) is 5.82 Å². The van der Waals surface area contributed by atoms with Crippen LogP contribution in [0, 0.1) is 13.8 Å². The molecule has 0 fully saturated rings. The van der Waals surface area contributed by atoms with Crippen LogP contribution >= 0.6 is 0 Å². The summed E-state index contributed by atoms with van der Waals surface area (Å²) in [5.74, 6) is -0.121. The quantitative estimate of drug-likeness (QED) is 0.672. The Labute approximate surface area is 90.5 Å². The lowest BCUT2D eigenvalue weighted by atomic mass is 10.3. The monoisotopic (exact) mass is 221 g/mol. The summed E-state index contributed by atoms with van der Waals surface area (Å²) in [7, 11) is 1.49. The van der Waals surface area contributed by atoms with Crippen LogP contribution in [0.1, 0.15) is 21.9 Å². The van der Waals surface area contributed by atoms with Crippen LogP contribution in [0.4, 0.5) is 0 Å². The molecule has 7 heteroatoms. The van der Waals surface area contributed by atoms with Crippen LogP contribution in [-0.4, -0.2) is 32.5 Å². The Bertz CT molecular complexity index is 625. The van der Waals surface area contributed by atoms with Gasteiger partial charge in [-0.2, -0.15) is 9.50 Å². The van der Waals surface area contributed by atoms with Gasteiger partial charge in [-0.3, -0.25) is 14.7 Å². The molecule has 0 saturated heterocycles. The number of nitrogens with zero attached hydrogens (tertiary/aromatic N) is 3. The Morgan fingerprint density at radius 1 is 1.38 bits per heavy atom. The third-order valence-electron chi connectivity index (χ3n) is 2.41. The molecule has 0 bridgehead atoms. The number of hydrogen-bond acceptors (Lipinski definition) is 4. The summed E-state index contributed by atoms with van der Waals surface area (Å²) in [4.78, 5) is 31.2. The average molecular weight is 221 g/mol. The van der Waals surface area contributed by atoms with E-state index in [9.17, 15) is 9.59 Å². The van der Waals surface area contributed by atoms with Gasteiger partial charge in [0.1, 0.15) is 0 Å². The number of rotatable bonds is 1. The number of aryl methyl sites for hydroxylation is 1. The maximum absolute atomic E-state index is 11.8. The van der Waals surface area contributed by atoms with Crippen molar-refractivity contribution in [2.45, 2.75) is 13.8 Å². The van der Waals surface area contributed by atoms with Crippen LogP contribution in [-0.2, 0) is 0 Å². The van der Waals surface area contributed by atoms with E-state index in [1.54, 1.807) is 13.8 Å². The van der Waals surface area contributed by atoms with Gasteiger partial charge in [0.05, 0.1) is 0 Å². The molecular formula is C9H11N5O2. The molecule has 0 spiro atoms. The molecule has 0 saturated carbocycles. The fourth-order valence-corrected chi connectivity index (χ4v) is 1.32. The van der Waals surface area contributed by atoms with Crippen LogP contribution in [0.2, 0.25) is 0 Å². The van der Waals surface area contributed by atoms with Crippen molar-refractivity contribution in [3.05, 3.63) is 27.4 Å². The second-order valence-corrected chi connectivity index (χ2v) is 3.41. The van der Waals surface area contributed by atoms with Gasteiger partial charge in [-0.15, -0.1) is 0 Å². The molecule has 7 nitrogen and oxygen atoms in total. The lowest BCUT2D eigenvalue weighted by Gasteiger charge is -1.97. The fraction of sp³-hybridized carbons (Fsp3) is 0.333. The summed E-state index contributed by atoms with van der Waals surface area (Å²) >= 11 is 0. The van der Waals surface area contributed by atoms with Crippen molar-refractivity contribution < 1.29 is 4.79 Å². The second-order valence-electron chi connectivity index (χ2n) is 3.41. The molecule has 0 aliphatic carbocycles. The minimum absolute atomic E-state index is 0.0668. The molecule has 1 amide bonds. The van der Waals surface area contributed by atoms with Crippen molar-refractivity contribution in [2.24, 2.45) is 0 Å². The molecule has 0 radical (unpaired) electrons. The highest BCUT2D eigenvalue weighted by Gasteiger charge is 2.13. The van der Waals surface area contributed by atoms with Crippen molar-refractivity contribution in [3.63, 3.8) is 0 Å². The molecule has 2 aromatic heterocycles. The Morgan fingerprint density at radius 2 is 2.06 bits per heavy atom. The Balaban J connectivity index is 2.76. The van der Waals surface area contributed by atoms with Crippen LogP contribution in [0.25, 0.3) is 5.78 Å². The van der Waals surface area contributed by atoms with E-state index >= 15 is 0 Å². The van der Waals surface area contributed by atoms with E-state index in [0.29, 0.717) is 11.3 Å². The first-order valence-electron chi connectivity index (χ1n) is 4.72. The number of nitrogens with one attached hydrogen (secondary N) is 2. The number of H-pyrrole nitrogens is 1. The summed E-state index contributed by atoms with van der Waals surface area (Å²) in [6, 6.07) is 0. The molecular weight excluding hydrogens is 210 g/mol. The summed E-state index contributed by atoms with van der Waals surface area (Å²) in [5, 5.41) is 5.02. The van der Waals surface area contributed by atoms with Gasteiger partial charge in [-0.1, -0.05) is 0 Å². The average Bonchev–Trinajstić information content (AvgIpc) is 2.69. The van der Waals surface area contributed by atoms with Gasteiger partial charge >= 0.3 is 0 Å². The maximum atomic E-state index is 11.8. The minimum atomic E-state index is -0.389. The number of carbonyl (C=O) groups excluding carboxylic acids is 1. The van der Waals surface area contributed by atoms with E-state index in [0.717, 1.165) is 4.52 Å². The standard InChI is InChI=1S/C9H11N5O2/c1-4-5(2)11-9-12-6(7(15)10-3)13-14(9)8(4)16/h1-3H3,(H,10,15)(H,11,12,13). The van der Waals surface area contributed by atoms with E-state index in [4.69, 9.17) is 0 Å². The van der Waals surface area contributed by atoms with E-state index < -0.39 is 0 Å². The summed E-state index contributed by atoms with van der Waals surface area (Å²) in [6.45, 7) is 3.41. The number of amides is 1. The fourth-order valence-electron chi connectivity index (χ4n) is 1.32. The van der Waals surface area contributed by atoms with Crippen LogP contribution in [0.15, 0.2) is 4.79 Å². The Kier molecular flexibility index (Phi) is 2.22. The van der Waals surface area contributed by atoms with Gasteiger partial charge in [-0.25, -0.2) is 4.98 Å². The normalized spacial score (nSPS) is 10.7. The number of aromatic amines is 1. The molecule has 0 aliphatic rings. The first-order chi connectivity index (χ1) is 7.54. The molecule has 0 atom stereocenters. The van der Waals surface area contributed by atoms with Gasteiger partial charge in [0, 0.05) is 18.3 Å². The SMILES string of the molecule is CNC(=O)c1nc2nc(C)c(C)c(=O)n2[nH]1. The zero-order valence-corrected chi connectivity index (χ0v) is 9.16. The van der Waals surface area contributed by atoms with Crippen molar-refractivity contribution >= 4 is 11.7 Å². The van der Waals surface area contributed by atoms with E-state index in [-0.39, 0.29) is 23.1 Å². The molecule has 2 heterocycles. The minimum Gasteiger partial charge on any atom is -0.352 e. The Morgan fingerprint density at radius 3 is 2.69 bits per heavy atom. The molecule has 0 unspecified atom stereocenters. The predicted octanol–water partition coefficient (Wildman–Crippen LogP) is -0.606. The number of aromatic nitrogens is 4. The third kappa shape index (κ3) is 1.37. The highest BCUT2D eigenvalue weighted by Crippen LogP contribution is 2.00. The first kappa shape index (κ1) is 10.3. The summed E-state index contributed by atoms with van der Waals surface area (Å²) < 4.78 is 1.16. The first-order valence-corrected chi connectivity index (χ1v) is 4.72. The largest absolute Gasteiger partial charge is 0.352 e. The maximum Gasteiger partial charge on any atom is 0.288 e. The lowest BCUT2D eigenvalue weighted by molar-refractivity contribution is 0.0953. The summed E-state index contributed by atoms with van der Waals surface area (Å²) in [6.07, 6.45) is 0. The Hall–Kier alpha value is -2.18. The second kappa shape index (κ2) is 3.44. The van der Waals surface area contributed by atoms with E-state index in [2.05, 4.69) is 20.4 Å². The van der Waals surface area contributed by atoms with E-state index in [1.165, 1.54) is 7.05 Å². The summed E-state index contributed by atoms with van der Waals surface area (Å²) in [5.41, 5.74) is 0.898. The molecule has 2 N–H and O–H groups in total. The molecule has 84 valence electrons. The number of hydrogen-bond donors (Lipinski definition) is 2. The molecule has 0 aromatic carbocycles. The van der Waals surface area contributed by atoms with Crippen molar-refractivity contribution in [3.8, 4) is 0 Å². The van der Waals surface area contributed by atoms with Crippen molar-refractivity contribution in [2.75, 3.05) is 7.05 Å². The number of carbonyl (C=O) groups is 1. The van der Waals surface area contributed by atoms with Gasteiger partial charge in [0.25, 0.3) is 17.2 Å². The van der Waals surface area contributed by atoms with Crippen molar-refractivity contribution in [1.29, 1.82) is 0 Å². The van der Waals surface area contributed by atoms with Crippen LogP contribution in [0.5, 0.6) is 0 Å². The highest BCUT2D eigenvalue weighted by molar-refractivity contribution is 5.90. The van der Waals surface area contributed by atoms with Gasteiger partial charge < -0.3 is 5.32 Å². The zero-order chi connectivity index (χ0) is 11.9. The zero-order valence-electron chi connectivity index (χ0n) is 9.16. The number of fused-ring (bicyclic) bond motifs is 1.